The summed E-state index contributed by atoms with van der Waals surface area (Å²) in [7, 11) is 1.34. The molecule has 1 N–H and O–H groups in total. The smallest absolute Gasteiger partial charge is 0.354 e. The van der Waals surface area contributed by atoms with Crippen LogP contribution in [0.15, 0.2) is 12.1 Å². The van der Waals surface area contributed by atoms with Crippen molar-refractivity contribution < 1.29 is 9.53 Å². The van der Waals surface area contributed by atoms with Gasteiger partial charge in [0.15, 0.2) is 0 Å². The van der Waals surface area contributed by atoms with Gasteiger partial charge in [0.05, 0.1) is 17.2 Å². The van der Waals surface area contributed by atoms with Gasteiger partial charge >= 0.3 is 5.97 Å². The number of aryl methyl sites for hydroxylation is 1. The van der Waals surface area contributed by atoms with Gasteiger partial charge in [-0.25, -0.2) is 4.79 Å². The average Bonchev–Trinajstić information content (AvgIpc) is 2.61. The van der Waals surface area contributed by atoms with E-state index in [9.17, 15) is 4.79 Å². The van der Waals surface area contributed by atoms with E-state index >= 15 is 0 Å². The Morgan fingerprint density at radius 3 is 2.69 bits per heavy atom. The second-order valence-electron chi connectivity index (χ2n) is 3.40. The number of carbonyl (C=O) groups excluding carboxylic acids is 1. The summed E-state index contributed by atoms with van der Waals surface area (Å²) >= 11 is 12.0. The molecule has 2 rings (SSSR count). The molecular weight excluding hydrogens is 249 g/mol. The molecule has 1 aromatic heterocycles. The summed E-state index contributed by atoms with van der Waals surface area (Å²) in [6.07, 6.45) is 0. The van der Waals surface area contributed by atoms with E-state index in [2.05, 4.69) is 9.72 Å². The van der Waals surface area contributed by atoms with E-state index in [4.69, 9.17) is 23.2 Å². The highest BCUT2D eigenvalue weighted by Gasteiger charge is 2.17. The maximum Gasteiger partial charge on any atom is 0.354 e. The SMILES string of the molecule is COC(=O)c1[nH]c2ccc(Cl)c(Cl)c2c1C. The quantitative estimate of drug-likeness (QED) is 0.794. The zero-order valence-corrected chi connectivity index (χ0v) is 10.2. The Morgan fingerprint density at radius 1 is 1.38 bits per heavy atom. The lowest BCUT2D eigenvalue weighted by molar-refractivity contribution is 0.0594. The molecule has 0 amide bonds. The Morgan fingerprint density at radius 2 is 2.06 bits per heavy atom. The van der Waals surface area contributed by atoms with Crippen LogP contribution in [-0.4, -0.2) is 18.1 Å². The summed E-state index contributed by atoms with van der Waals surface area (Å²) in [5.41, 5.74) is 1.92. The Bertz CT molecular complexity index is 575. The lowest BCUT2D eigenvalue weighted by atomic mass is 10.1. The van der Waals surface area contributed by atoms with E-state index in [-0.39, 0.29) is 0 Å². The van der Waals surface area contributed by atoms with Crippen LogP contribution in [0, 0.1) is 6.92 Å². The normalized spacial score (nSPS) is 10.8. The summed E-state index contributed by atoms with van der Waals surface area (Å²) in [4.78, 5) is 14.4. The predicted octanol–water partition coefficient (Wildman–Crippen LogP) is 3.57. The van der Waals surface area contributed by atoms with E-state index < -0.39 is 5.97 Å². The van der Waals surface area contributed by atoms with Crippen LogP contribution < -0.4 is 0 Å². The molecule has 0 aliphatic carbocycles. The van der Waals surface area contributed by atoms with Crippen molar-refractivity contribution in [1.82, 2.24) is 4.98 Å². The molecule has 16 heavy (non-hydrogen) atoms. The van der Waals surface area contributed by atoms with Crippen molar-refractivity contribution >= 4 is 40.1 Å². The van der Waals surface area contributed by atoms with Crippen molar-refractivity contribution in [3.63, 3.8) is 0 Å². The molecule has 0 saturated heterocycles. The van der Waals surface area contributed by atoms with Gasteiger partial charge in [-0.2, -0.15) is 0 Å². The van der Waals surface area contributed by atoms with Crippen LogP contribution in [-0.2, 0) is 4.74 Å². The first-order chi connectivity index (χ1) is 7.56. The summed E-state index contributed by atoms with van der Waals surface area (Å²) in [5, 5.41) is 1.67. The number of rotatable bonds is 1. The second kappa shape index (κ2) is 4.00. The number of ether oxygens (including phenoxy) is 1. The molecule has 0 bridgehead atoms. The van der Waals surface area contributed by atoms with Gasteiger partial charge in [0.25, 0.3) is 0 Å². The van der Waals surface area contributed by atoms with E-state index in [0.717, 1.165) is 16.5 Å². The zero-order valence-electron chi connectivity index (χ0n) is 8.73. The highest BCUT2D eigenvalue weighted by Crippen LogP contribution is 2.34. The van der Waals surface area contributed by atoms with E-state index in [0.29, 0.717) is 15.7 Å². The van der Waals surface area contributed by atoms with Crippen LogP contribution >= 0.6 is 23.2 Å². The number of esters is 1. The Kier molecular flexibility index (Phi) is 2.82. The molecule has 5 heteroatoms. The van der Waals surface area contributed by atoms with Crippen molar-refractivity contribution in [3.8, 4) is 0 Å². The van der Waals surface area contributed by atoms with Crippen molar-refractivity contribution in [3.05, 3.63) is 33.4 Å². The number of methoxy groups -OCH3 is 1. The number of aromatic nitrogens is 1. The van der Waals surface area contributed by atoms with Crippen LogP contribution in [0.2, 0.25) is 10.0 Å². The van der Waals surface area contributed by atoms with Gasteiger partial charge in [0, 0.05) is 10.9 Å². The number of benzene rings is 1. The van der Waals surface area contributed by atoms with Gasteiger partial charge in [-0.15, -0.1) is 0 Å². The monoisotopic (exact) mass is 257 g/mol. The van der Waals surface area contributed by atoms with Crippen molar-refractivity contribution in [2.24, 2.45) is 0 Å². The van der Waals surface area contributed by atoms with Crippen molar-refractivity contribution in [1.29, 1.82) is 0 Å². The number of H-pyrrole nitrogens is 1. The largest absolute Gasteiger partial charge is 0.464 e. The maximum atomic E-state index is 11.5. The number of carbonyl (C=O) groups is 1. The second-order valence-corrected chi connectivity index (χ2v) is 4.19. The molecule has 1 aromatic carbocycles. The van der Waals surface area contributed by atoms with Crippen LogP contribution in [0.3, 0.4) is 0 Å². The zero-order chi connectivity index (χ0) is 11.9. The third-order valence-electron chi connectivity index (χ3n) is 2.49. The summed E-state index contributed by atoms with van der Waals surface area (Å²) in [6, 6.07) is 3.46. The first-order valence-electron chi connectivity index (χ1n) is 4.61. The molecule has 3 nitrogen and oxygen atoms in total. The first kappa shape index (κ1) is 11.3. The predicted molar refractivity (Wildman–Crippen MR) is 64.4 cm³/mol. The minimum absolute atomic E-state index is 0.404. The van der Waals surface area contributed by atoms with Crippen molar-refractivity contribution in [2.75, 3.05) is 7.11 Å². The first-order valence-corrected chi connectivity index (χ1v) is 5.36. The van der Waals surface area contributed by atoms with E-state index in [1.807, 2.05) is 0 Å². The summed E-state index contributed by atoms with van der Waals surface area (Å²) in [6.45, 7) is 1.80. The number of fused-ring (bicyclic) bond motifs is 1. The maximum absolute atomic E-state index is 11.5. The number of nitrogens with one attached hydrogen (secondary N) is 1. The van der Waals surface area contributed by atoms with Gasteiger partial charge in [-0.05, 0) is 24.6 Å². The number of halogens is 2. The van der Waals surface area contributed by atoms with Crippen molar-refractivity contribution in [2.45, 2.75) is 6.92 Å². The Balaban J connectivity index is 2.79. The van der Waals surface area contributed by atoms with Crippen LogP contribution in [0.5, 0.6) is 0 Å². The van der Waals surface area contributed by atoms with Gasteiger partial charge in [0.1, 0.15) is 5.69 Å². The lowest BCUT2D eigenvalue weighted by Gasteiger charge is -1.98. The number of hydrogen-bond donors (Lipinski definition) is 1. The molecule has 0 atom stereocenters. The molecule has 2 aromatic rings. The summed E-state index contributed by atoms with van der Waals surface area (Å²) < 4.78 is 4.67. The third kappa shape index (κ3) is 1.56. The molecule has 0 aliphatic heterocycles. The molecular formula is C11H9Cl2NO2. The van der Waals surface area contributed by atoms with Crippen LogP contribution in [0.1, 0.15) is 16.1 Å². The topological polar surface area (TPSA) is 42.1 Å². The lowest BCUT2D eigenvalue weighted by Crippen LogP contribution is -2.02. The van der Waals surface area contributed by atoms with Gasteiger partial charge in [0.2, 0.25) is 0 Å². The van der Waals surface area contributed by atoms with E-state index in [1.165, 1.54) is 7.11 Å². The van der Waals surface area contributed by atoms with Crippen LogP contribution in [0.25, 0.3) is 10.9 Å². The summed E-state index contributed by atoms with van der Waals surface area (Å²) in [5.74, 6) is -0.416. The fraction of sp³-hybridized carbons (Fsp3) is 0.182. The molecule has 0 fully saturated rings. The van der Waals surface area contributed by atoms with Gasteiger partial charge in [-0.1, -0.05) is 23.2 Å². The minimum atomic E-state index is -0.416. The fourth-order valence-electron chi connectivity index (χ4n) is 1.68. The standard InChI is InChI=1S/C11H9Cl2NO2/c1-5-8-7(4-3-6(12)9(8)13)14-10(5)11(15)16-2/h3-4,14H,1-2H3. The molecule has 0 spiro atoms. The van der Waals surface area contributed by atoms with Crippen LogP contribution in [0.4, 0.5) is 0 Å². The minimum Gasteiger partial charge on any atom is -0.464 e. The third-order valence-corrected chi connectivity index (χ3v) is 3.30. The Hall–Kier alpha value is -1.19. The van der Waals surface area contributed by atoms with Gasteiger partial charge in [-0.3, -0.25) is 0 Å². The van der Waals surface area contributed by atoms with E-state index in [1.54, 1.807) is 19.1 Å². The molecule has 84 valence electrons. The molecule has 0 saturated carbocycles. The molecule has 0 unspecified atom stereocenters. The van der Waals surface area contributed by atoms with Gasteiger partial charge < -0.3 is 9.72 Å². The number of aromatic amines is 1. The fourth-order valence-corrected chi connectivity index (χ4v) is 2.15. The highest BCUT2D eigenvalue weighted by molar-refractivity contribution is 6.45. The number of hydrogen-bond acceptors (Lipinski definition) is 2. The Labute approximate surface area is 102 Å². The molecule has 0 aliphatic rings. The average molecular weight is 258 g/mol. The molecule has 1 heterocycles. The molecule has 0 radical (unpaired) electrons. The highest BCUT2D eigenvalue weighted by atomic mass is 35.5.